The lowest BCUT2D eigenvalue weighted by Crippen LogP contribution is -2.40. The minimum absolute atomic E-state index is 0.161. The molecule has 2 unspecified atom stereocenters. The fourth-order valence-corrected chi connectivity index (χ4v) is 2.87. The second-order valence-corrected chi connectivity index (χ2v) is 6.09. The molecule has 2 heteroatoms. The lowest BCUT2D eigenvalue weighted by atomic mass is 9.80. The van der Waals surface area contributed by atoms with E-state index in [4.69, 9.17) is 4.74 Å². The summed E-state index contributed by atoms with van der Waals surface area (Å²) in [5.74, 6) is 0.450. The van der Waals surface area contributed by atoms with Crippen molar-refractivity contribution in [3.8, 4) is 0 Å². The van der Waals surface area contributed by atoms with Gasteiger partial charge in [0.2, 0.25) is 0 Å². The second-order valence-electron chi connectivity index (χ2n) is 6.09. The van der Waals surface area contributed by atoms with Gasteiger partial charge in [-0.05, 0) is 23.5 Å². The van der Waals surface area contributed by atoms with Gasteiger partial charge in [-0.1, -0.05) is 51.5 Å². The Balaban J connectivity index is 2.20. The molecule has 1 aliphatic rings. The van der Waals surface area contributed by atoms with E-state index in [-0.39, 0.29) is 6.10 Å². The number of aliphatic hydroxyl groups is 1. The Bertz CT molecular complexity index is 413. The van der Waals surface area contributed by atoms with Crippen molar-refractivity contribution in [2.45, 2.75) is 58.2 Å². The molecule has 1 fully saturated rings. The molecule has 0 bridgehead atoms. The van der Waals surface area contributed by atoms with Crippen LogP contribution in [0.3, 0.4) is 0 Å². The highest BCUT2D eigenvalue weighted by Gasteiger charge is 2.37. The van der Waals surface area contributed by atoms with Crippen molar-refractivity contribution in [1.82, 2.24) is 0 Å². The first kappa shape index (κ1) is 14.5. The first-order chi connectivity index (χ1) is 9.05. The topological polar surface area (TPSA) is 29.5 Å². The summed E-state index contributed by atoms with van der Waals surface area (Å²) in [7, 11) is 0. The lowest BCUT2D eigenvalue weighted by molar-refractivity contribution is -0.121. The lowest BCUT2D eigenvalue weighted by Gasteiger charge is -2.39. The van der Waals surface area contributed by atoms with E-state index in [1.807, 2.05) is 0 Å². The van der Waals surface area contributed by atoms with Crippen LogP contribution in [0.15, 0.2) is 24.3 Å². The van der Waals surface area contributed by atoms with E-state index in [0.717, 1.165) is 18.4 Å². The second kappa shape index (κ2) is 6.06. The molecule has 2 atom stereocenters. The Labute approximate surface area is 116 Å². The third-order valence-electron chi connectivity index (χ3n) is 4.13. The van der Waals surface area contributed by atoms with E-state index in [2.05, 4.69) is 45.0 Å². The largest absolute Gasteiger partial charge is 0.385 e. The van der Waals surface area contributed by atoms with Gasteiger partial charge < -0.3 is 9.84 Å². The molecule has 1 aromatic rings. The van der Waals surface area contributed by atoms with E-state index in [1.165, 1.54) is 5.56 Å². The van der Waals surface area contributed by atoms with Crippen molar-refractivity contribution in [2.24, 2.45) is 5.92 Å². The van der Waals surface area contributed by atoms with Gasteiger partial charge in [-0.3, -0.25) is 0 Å². The summed E-state index contributed by atoms with van der Waals surface area (Å²) in [5.41, 5.74) is 1.67. The number of hydrogen-bond donors (Lipinski definition) is 1. The molecule has 2 rings (SSSR count). The normalized spacial score (nSPS) is 27.7. The van der Waals surface area contributed by atoms with Crippen molar-refractivity contribution in [3.05, 3.63) is 35.4 Å². The molecule has 1 N–H and O–H groups in total. The molecule has 1 saturated heterocycles. The molecule has 1 aromatic carbocycles. The van der Waals surface area contributed by atoms with E-state index in [9.17, 15) is 5.11 Å². The average Bonchev–Trinajstić information content (AvgIpc) is 2.39. The SMILES string of the molecule is CCCc1cccc(C2(O)CCOC(C(C)C)C2)c1. The maximum atomic E-state index is 11.0. The van der Waals surface area contributed by atoms with Crippen LogP contribution in [0.4, 0.5) is 0 Å². The molecule has 0 radical (unpaired) electrons. The predicted molar refractivity (Wildman–Crippen MR) is 78.1 cm³/mol. The Morgan fingerprint density at radius 1 is 1.42 bits per heavy atom. The van der Waals surface area contributed by atoms with E-state index in [1.54, 1.807) is 0 Å². The Morgan fingerprint density at radius 3 is 2.89 bits per heavy atom. The highest BCUT2D eigenvalue weighted by Crippen LogP contribution is 2.37. The fraction of sp³-hybridized carbons (Fsp3) is 0.647. The number of hydrogen-bond acceptors (Lipinski definition) is 2. The van der Waals surface area contributed by atoms with Gasteiger partial charge in [0.1, 0.15) is 0 Å². The molecule has 0 saturated carbocycles. The van der Waals surface area contributed by atoms with Crippen molar-refractivity contribution in [3.63, 3.8) is 0 Å². The third kappa shape index (κ3) is 3.37. The molecule has 1 aliphatic heterocycles. The summed E-state index contributed by atoms with van der Waals surface area (Å²) in [4.78, 5) is 0. The van der Waals surface area contributed by atoms with Crippen LogP contribution in [0.1, 0.15) is 51.2 Å². The van der Waals surface area contributed by atoms with Crippen molar-refractivity contribution in [2.75, 3.05) is 6.61 Å². The number of benzene rings is 1. The zero-order valence-corrected chi connectivity index (χ0v) is 12.4. The molecule has 106 valence electrons. The van der Waals surface area contributed by atoms with E-state index < -0.39 is 5.60 Å². The van der Waals surface area contributed by atoms with Crippen LogP contribution in [0.5, 0.6) is 0 Å². The summed E-state index contributed by atoms with van der Waals surface area (Å²) >= 11 is 0. The molecule has 19 heavy (non-hydrogen) atoms. The third-order valence-corrected chi connectivity index (χ3v) is 4.13. The van der Waals surface area contributed by atoms with Crippen molar-refractivity contribution < 1.29 is 9.84 Å². The summed E-state index contributed by atoms with van der Waals surface area (Å²) < 4.78 is 5.77. The summed E-state index contributed by atoms with van der Waals surface area (Å²) in [5, 5.41) is 11.0. The van der Waals surface area contributed by atoms with Crippen LogP contribution in [0.25, 0.3) is 0 Å². The van der Waals surface area contributed by atoms with Gasteiger partial charge in [0.15, 0.2) is 0 Å². The maximum absolute atomic E-state index is 11.0. The summed E-state index contributed by atoms with van der Waals surface area (Å²) in [6, 6.07) is 8.45. The van der Waals surface area contributed by atoms with Gasteiger partial charge in [-0.2, -0.15) is 0 Å². The van der Waals surface area contributed by atoms with Gasteiger partial charge in [0, 0.05) is 12.8 Å². The zero-order valence-electron chi connectivity index (χ0n) is 12.4. The van der Waals surface area contributed by atoms with Gasteiger partial charge in [-0.25, -0.2) is 0 Å². The molecular weight excluding hydrogens is 236 g/mol. The Morgan fingerprint density at radius 2 is 2.21 bits per heavy atom. The van der Waals surface area contributed by atoms with Crippen LogP contribution in [0, 0.1) is 5.92 Å². The monoisotopic (exact) mass is 262 g/mol. The molecule has 0 amide bonds. The maximum Gasteiger partial charge on any atom is 0.0943 e. The van der Waals surface area contributed by atoms with Gasteiger partial charge in [0.25, 0.3) is 0 Å². The van der Waals surface area contributed by atoms with Gasteiger partial charge >= 0.3 is 0 Å². The first-order valence-corrected chi connectivity index (χ1v) is 7.48. The van der Waals surface area contributed by atoms with Crippen LogP contribution in [0.2, 0.25) is 0 Å². The van der Waals surface area contributed by atoms with E-state index in [0.29, 0.717) is 25.4 Å². The van der Waals surface area contributed by atoms with Crippen molar-refractivity contribution in [1.29, 1.82) is 0 Å². The Hall–Kier alpha value is -0.860. The zero-order chi connectivity index (χ0) is 13.9. The van der Waals surface area contributed by atoms with E-state index >= 15 is 0 Å². The van der Waals surface area contributed by atoms with Crippen LogP contribution in [-0.2, 0) is 16.8 Å². The van der Waals surface area contributed by atoms with Crippen molar-refractivity contribution >= 4 is 0 Å². The van der Waals surface area contributed by atoms with Gasteiger partial charge in [-0.15, -0.1) is 0 Å². The quantitative estimate of drug-likeness (QED) is 0.897. The highest BCUT2D eigenvalue weighted by molar-refractivity contribution is 5.29. The molecule has 1 heterocycles. The Kier molecular flexibility index (Phi) is 4.64. The predicted octanol–water partition coefficient (Wildman–Crippen LogP) is 3.66. The molecule has 0 aromatic heterocycles. The summed E-state index contributed by atoms with van der Waals surface area (Å²) in [6.45, 7) is 7.15. The minimum Gasteiger partial charge on any atom is -0.385 e. The molecular formula is C17H26O2. The minimum atomic E-state index is -0.711. The molecule has 0 spiro atoms. The van der Waals surface area contributed by atoms with Gasteiger partial charge in [0.05, 0.1) is 18.3 Å². The number of aryl methyl sites for hydroxylation is 1. The van der Waals surface area contributed by atoms with Crippen LogP contribution < -0.4 is 0 Å². The summed E-state index contributed by atoms with van der Waals surface area (Å²) in [6.07, 6.45) is 3.79. The van der Waals surface area contributed by atoms with Crippen LogP contribution in [-0.4, -0.2) is 17.8 Å². The standard InChI is InChI=1S/C17H26O2/c1-4-6-14-7-5-8-15(11-14)17(18)9-10-19-16(12-17)13(2)3/h5,7-8,11,13,16,18H,4,6,9-10,12H2,1-3H3. The first-order valence-electron chi connectivity index (χ1n) is 7.48. The molecule has 0 aliphatic carbocycles. The molecule has 2 nitrogen and oxygen atoms in total. The highest BCUT2D eigenvalue weighted by atomic mass is 16.5. The fourth-order valence-electron chi connectivity index (χ4n) is 2.87. The van der Waals surface area contributed by atoms with Crippen LogP contribution >= 0.6 is 0 Å². The number of ether oxygens (including phenoxy) is 1. The number of rotatable bonds is 4. The average molecular weight is 262 g/mol. The smallest absolute Gasteiger partial charge is 0.0943 e.